The molecule has 1 amide bonds. The molecule has 2 atom stereocenters. The first kappa shape index (κ1) is 21.6. The van der Waals surface area contributed by atoms with E-state index in [1.165, 1.54) is 12.0 Å². The van der Waals surface area contributed by atoms with Crippen LogP contribution < -0.4 is 4.72 Å². The maximum absolute atomic E-state index is 12.9. The molecule has 1 aliphatic rings. The minimum atomic E-state index is -3.56. The molecular weight excluding hydrogens is 344 g/mol. The Balaban J connectivity index is 2.84. The Bertz CT molecular complexity index is 561. The summed E-state index contributed by atoms with van der Waals surface area (Å²) in [6, 6.07) is -1.45. The van der Waals surface area contributed by atoms with Crippen LogP contribution >= 0.6 is 0 Å². The Hall–Kier alpha value is -1.41. The van der Waals surface area contributed by atoms with Crippen LogP contribution in [0, 0.1) is 0 Å². The molecule has 0 aromatic rings. The van der Waals surface area contributed by atoms with Gasteiger partial charge in [0.1, 0.15) is 12.1 Å². The number of carbonyl (C=O) groups excluding carboxylic acids is 2. The molecule has 0 spiro atoms. The summed E-state index contributed by atoms with van der Waals surface area (Å²) in [5, 5.41) is 0. The maximum Gasteiger partial charge on any atom is 0.328 e. The lowest BCUT2D eigenvalue weighted by molar-refractivity contribution is -0.151. The first-order valence-corrected chi connectivity index (χ1v) is 10.5. The van der Waals surface area contributed by atoms with E-state index in [2.05, 4.69) is 11.3 Å². The Kier molecular flexibility index (Phi) is 9.13. The summed E-state index contributed by atoms with van der Waals surface area (Å²) >= 11 is 0. The number of carbonyl (C=O) groups is 2. The van der Waals surface area contributed by atoms with Crippen LogP contribution in [0.4, 0.5) is 0 Å². The van der Waals surface area contributed by atoms with Gasteiger partial charge in [-0.1, -0.05) is 25.8 Å². The first-order valence-electron chi connectivity index (χ1n) is 8.85. The van der Waals surface area contributed by atoms with Crippen LogP contribution in [-0.2, 0) is 24.3 Å². The first-order chi connectivity index (χ1) is 11.9. The van der Waals surface area contributed by atoms with Gasteiger partial charge >= 0.3 is 5.97 Å². The van der Waals surface area contributed by atoms with Gasteiger partial charge in [0.15, 0.2) is 0 Å². The SMILES string of the molecule is C=CCCCS(=O)(=O)N[C@@H](CCCC)C(=O)N1CCC[C@H]1C(=O)OC. The minimum Gasteiger partial charge on any atom is -0.467 e. The molecule has 1 fully saturated rings. The topological polar surface area (TPSA) is 92.8 Å². The normalized spacial score (nSPS) is 18.8. The van der Waals surface area contributed by atoms with Gasteiger partial charge in [0.2, 0.25) is 15.9 Å². The fraction of sp³-hybridized carbons (Fsp3) is 0.765. The van der Waals surface area contributed by atoms with E-state index in [9.17, 15) is 18.0 Å². The van der Waals surface area contributed by atoms with Crippen LogP contribution in [0.2, 0.25) is 0 Å². The van der Waals surface area contributed by atoms with E-state index in [0.29, 0.717) is 38.6 Å². The summed E-state index contributed by atoms with van der Waals surface area (Å²) < 4.78 is 31.8. The second kappa shape index (κ2) is 10.6. The molecule has 8 heteroatoms. The zero-order valence-electron chi connectivity index (χ0n) is 15.2. The fourth-order valence-electron chi connectivity index (χ4n) is 2.95. The second-order valence-corrected chi connectivity index (χ2v) is 8.15. The van der Waals surface area contributed by atoms with E-state index in [4.69, 9.17) is 4.74 Å². The van der Waals surface area contributed by atoms with Gasteiger partial charge < -0.3 is 9.64 Å². The van der Waals surface area contributed by atoms with Crippen molar-refractivity contribution in [2.24, 2.45) is 0 Å². The lowest BCUT2D eigenvalue weighted by atomic mass is 10.1. The van der Waals surface area contributed by atoms with Gasteiger partial charge in [0, 0.05) is 6.54 Å². The van der Waals surface area contributed by atoms with E-state index in [0.717, 1.165) is 12.8 Å². The van der Waals surface area contributed by atoms with Gasteiger partial charge in [-0.15, -0.1) is 6.58 Å². The highest BCUT2D eigenvalue weighted by molar-refractivity contribution is 7.89. The number of unbranched alkanes of at least 4 members (excludes halogenated alkanes) is 2. The highest BCUT2D eigenvalue weighted by Gasteiger charge is 2.38. The molecule has 25 heavy (non-hydrogen) atoms. The summed E-state index contributed by atoms with van der Waals surface area (Å²) in [7, 11) is -2.27. The summed E-state index contributed by atoms with van der Waals surface area (Å²) in [6.45, 7) is 6.00. The fourth-order valence-corrected chi connectivity index (χ4v) is 4.26. The summed E-state index contributed by atoms with van der Waals surface area (Å²) in [5.41, 5.74) is 0. The van der Waals surface area contributed by atoms with Crippen molar-refractivity contribution in [3.8, 4) is 0 Å². The molecule has 0 radical (unpaired) electrons. The number of hydrogen-bond donors (Lipinski definition) is 1. The van der Waals surface area contributed by atoms with Crippen LogP contribution in [0.25, 0.3) is 0 Å². The van der Waals surface area contributed by atoms with Crippen LogP contribution in [0.1, 0.15) is 51.9 Å². The van der Waals surface area contributed by atoms with Crippen molar-refractivity contribution in [1.29, 1.82) is 0 Å². The Morgan fingerprint density at radius 2 is 2.12 bits per heavy atom. The Labute approximate surface area is 150 Å². The van der Waals surface area contributed by atoms with E-state index in [1.807, 2.05) is 6.92 Å². The van der Waals surface area contributed by atoms with E-state index < -0.39 is 28.1 Å². The zero-order chi connectivity index (χ0) is 18.9. The predicted molar refractivity (Wildman–Crippen MR) is 96.4 cm³/mol. The molecule has 7 nitrogen and oxygen atoms in total. The van der Waals surface area contributed by atoms with Crippen molar-refractivity contribution in [3.05, 3.63) is 12.7 Å². The second-order valence-electron chi connectivity index (χ2n) is 6.28. The molecule has 0 saturated carbocycles. The summed E-state index contributed by atoms with van der Waals surface area (Å²) in [6.07, 6.45) is 5.97. The Morgan fingerprint density at radius 1 is 1.40 bits per heavy atom. The number of likely N-dealkylation sites (tertiary alicyclic amines) is 1. The van der Waals surface area contributed by atoms with Gasteiger partial charge in [0.25, 0.3) is 0 Å². The average molecular weight is 375 g/mol. The number of sulfonamides is 1. The van der Waals surface area contributed by atoms with Gasteiger partial charge in [-0.25, -0.2) is 17.9 Å². The van der Waals surface area contributed by atoms with Crippen molar-refractivity contribution < 1.29 is 22.7 Å². The number of amides is 1. The molecule has 144 valence electrons. The number of rotatable bonds is 11. The van der Waals surface area contributed by atoms with Gasteiger partial charge in [-0.3, -0.25) is 4.79 Å². The number of allylic oxidation sites excluding steroid dienone is 1. The third kappa shape index (κ3) is 6.78. The standard InChI is InChI=1S/C17H30N2O5S/c1-4-6-8-13-25(22,23)18-14(10-7-5-2)16(20)19-12-9-11-15(19)17(21)24-3/h4,14-15,18H,1,5-13H2,2-3H3/t14-,15-/m0/s1. The molecule has 0 unspecified atom stereocenters. The minimum absolute atomic E-state index is 0.0463. The molecule has 1 heterocycles. The van der Waals surface area contributed by atoms with E-state index in [1.54, 1.807) is 6.08 Å². The lowest BCUT2D eigenvalue weighted by Crippen LogP contribution is -2.52. The third-order valence-electron chi connectivity index (χ3n) is 4.30. The molecule has 1 saturated heterocycles. The quantitative estimate of drug-likeness (QED) is 0.337. The Morgan fingerprint density at radius 3 is 2.72 bits per heavy atom. The number of methoxy groups -OCH3 is 1. The van der Waals surface area contributed by atoms with Crippen LogP contribution in [0.15, 0.2) is 12.7 Å². The summed E-state index contributed by atoms with van der Waals surface area (Å²) in [5.74, 6) is -0.836. The number of esters is 1. The molecular formula is C17H30N2O5S. The van der Waals surface area contributed by atoms with Crippen molar-refractivity contribution in [1.82, 2.24) is 9.62 Å². The number of hydrogen-bond acceptors (Lipinski definition) is 5. The monoisotopic (exact) mass is 374 g/mol. The van der Waals surface area contributed by atoms with Crippen molar-refractivity contribution in [3.63, 3.8) is 0 Å². The molecule has 1 aliphatic heterocycles. The predicted octanol–water partition coefficient (Wildman–Crippen LogP) is 1.59. The van der Waals surface area contributed by atoms with Gasteiger partial charge in [-0.05, 0) is 32.1 Å². The molecule has 0 aliphatic carbocycles. The molecule has 0 aromatic carbocycles. The van der Waals surface area contributed by atoms with Gasteiger partial charge in [-0.2, -0.15) is 0 Å². The van der Waals surface area contributed by atoms with Crippen molar-refractivity contribution in [2.45, 2.75) is 64.0 Å². The molecule has 1 rings (SSSR count). The summed E-state index contributed by atoms with van der Waals surface area (Å²) in [4.78, 5) is 26.2. The van der Waals surface area contributed by atoms with E-state index >= 15 is 0 Å². The highest BCUT2D eigenvalue weighted by atomic mass is 32.2. The van der Waals surface area contributed by atoms with E-state index in [-0.39, 0.29) is 11.7 Å². The van der Waals surface area contributed by atoms with Crippen LogP contribution in [0.5, 0.6) is 0 Å². The van der Waals surface area contributed by atoms with Gasteiger partial charge in [0.05, 0.1) is 12.9 Å². The zero-order valence-corrected chi connectivity index (χ0v) is 16.0. The average Bonchev–Trinajstić information content (AvgIpc) is 3.07. The largest absolute Gasteiger partial charge is 0.467 e. The van der Waals surface area contributed by atoms with Crippen molar-refractivity contribution in [2.75, 3.05) is 19.4 Å². The number of nitrogens with zero attached hydrogens (tertiary/aromatic N) is 1. The molecule has 1 N–H and O–H groups in total. The third-order valence-corrected chi connectivity index (χ3v) is 5.77. The van der Waals surface area contributed by atoms with Crippen LogP contribution in [0.3, 0.4) is 0 Å². The van der Waals surface area contributed by atoms with Crippen LogP contribution in [-0.4, -0.2) is 56.7 Å². The molecule has 0 aromatic heterocycles. The highest BCUT2D eigenvalue weighted by Crippen LogP contribution is 2.21. The smallest absolute Gasteiger partial charge is 0.328 e. The van der Waals surface area contributed by atoms with Crippen molar-refractivity contribution >= 4 is 21.9 Å². The number of nitrogens with one attached hydrogen (secondary N) is 1. The number of ether oxygens (including phenoxy) is 1. The molecule has 0 bridgehead atoms. The maximum atomic E-state index is 12.9. The lowest BCUT2D eigenvalue weighted by Gasteiger charge is -2.28.